The fourth-order valence-electron chi connectivity index (χ4n) is 2.23. The molecular formula is C16H24O3. The van der Waals surface area contributed by atoms with Crippen molar-refractivity contribution < 1.29 is 14.6 Å². The molecule has 0 bridgehead atoms. The lowest BCUT2D eigenvalue weighted by Crippen LogP contribution is -2.20. The minimum atomic E-state index is -0.724. The molecule has 0 unspecified atom stereocenters. The first-order valence-corrected chi connectivity index (χ1v) is 6.69. The molecule has 106 valence electrons. The maximum atomic E-state index is 11.2. The fourth-order valence-corrected chi connectivity index (χ4v) is 2.23. The lowest BCUT2D eigenvalue weighted by molar-refractivity contribution is -0.141. The van der Waals surface area contributed by atoms with Crippen LogP contribution < -0.4 is 4.74 Å². The summed E-state index contributed by atoms with van der Waals surface area (Å²) in [6.07, 6.45) is 1.22. The van der Waals surface area contributed by atoms with Gasteiger partial charge in [0.25, 0.3) is 0 Å². The molecule has 0 saturated heterocycles. The van der Waals surface area contributed by atoms with Gasteiger partial charge in [0.15, 0.2) is 0 Å². The predicted molar refractivity (Wildman–Crippen MR) is 76.8 cm³/mol. The summed E-state index contributed by atoms with van der Waals surface area (Å²) in [6, 6.07) is 5.91. The van der Waals surface area contributed by atoms with E-state index < -0.39 is 5.97 Å². The van der Waals surface area contributed by atoms with Gasteiger partial charge in [-0.15, -0.1) is 0 Å². The summed E-state index contributed by atoms with van der Waals surface area (Å²) in [7, 11) is 1.65. The Morgan fingerprint density at radius 2 is 2.00 bits per heavy atom. The van der Waals surface area contributed by atoms with E-state index in [9.17, 15) is 9.90 Å². The molecule has 1 aromatic carbocycles. The summed E-state index contributed by atoms with van der Waals surface area (Å²) < 4.78 is 5.27. The fraction of sp³-hybridized carbons (Fsp3) is 0.562. The first kappa shape index (κ1) is 15.5. The molecular weight excluding hydrogens is 240 g/mol. The van der Waals surface area contributed by atoms with Gasteiger partial charge in [-0.2, -0.15) is 0 Å². The van der Waals surface area contributed by atoms with Gasteiger partial charge >= 0.3 is 5.97 Å². The molecule has 0 spiro atoms. The molecule has 0 radical (unpaired) electrons. The van der Waals surface area contributed by atoms with Crippen molar-refractivity contribution in [2.75, 3.05) is 7.11 Å². The van der Waals surface area contributed by atoms with Crippen LogP contribution in [0.3, 0.4) is 0 Å². The molecule has 0 fully saturated rings. The lowest BCUT2D eigenvalue weighted by Gasteiger charge is -2.25. The van der Waals surface area contributed by atoms with E-state index in [1.807, 2.05) is 25.1 Å². The van der Waals surface area contributed by atoms with Gasteiger partial charge < -0.3 is 9.84 Å². The van der Waals surface area contributed by atoms with Crippen LogP contribution in [0.2, 0.25) is 0 Å². The monoisotopic (exact) mass is 264 g/mol. The second-order valence-electron chi connectivity index (χ2n) is 5.92. The van der Waals surface area contributed by atoms with Gasteiger partial charge in [0, 0.05) is 0 Å². The van der Waals surface area contributed by atoms with Crippen LogP contribution in [-0.2, 0) is 16.6 Å². The van der Waals surface area contributed by atoms with Gasteiger partial charge in [-0.25, -0.2) is 0 Å². The first-order valence-electron chi connectivity index (χ1n) is 6.69. The molecule has 3 heteroatoms. The number of carboxylic acids is 1. The molecule has 0 amide bonds. The maximum absolute atomic E-state index is 11.2. The number of carbonyl (C=O) groups is 1. The van der Waals surface area contributed by atoms with Crippen LogP contribution in [-0.4, -0.2) is 18.2 Å². The summed E-state index contributed by atoms with van der Waals surface area (Å²) in [6.45, 7) is 8.31. The standard InChI is InChI=1S/C16H24O3/c1-6-11(15(17)18)9-12-7-8-13(19-5)10-14(12)16(2,3)4/h7-8,10-11H,6,9H2,1-5H3,(H,17,18)/t11-/m0/s1. The van der Waals surface area contributed by atoms with E-state index in [-0.39, 0.29) is 11.3 Å². The van der Waals surface area contributed by atoms with Gasteiger partial charge in [0.1, 0.15) is 5.75 Å². The number of hydrogen-bond acceptors (Lipinski definition) is 2. The molecule has 1 atom stereocenters. The highest BCUT2D eigenvalue weighted by Gasteiger charge is 2.23. The van der Waals surface area contributed by atoms with Crippen LogP contribution in [0.1, 0.15) is 45.2 Å². The van der Waals surface area contributed by atoms with Gasteiger partial charge in [-0.1, -0.05) is 33.8 Å². The number of methoxy groups -OCH3 is 1. The molecule has 0 heterocycles. The predicted octanol–water partition coefficient (Wildman–Crippen LogP) is 3.65. The van der Waals surface area contributed by atoms with Gasteiger partial charge in [0.2, 0.25) is 0 Å². The van der Waals surface area contributed by atoms with Crippen molar-refractivity contribution in [3.8, 4) is 5.75 Å². The highest BCUT2D eigenvalue weighted by molar-refractivity contribution is 5.70. The second kappa shape index (κ2) is 6.09. The number of rotatable bonds is 5. The second-order valence-corrected chi connectivity index (χ2v) is 5.92. The third-order valence-electron chi connectivity index (χ3n) is 3.43. The molecule has 1 N–H and O–H groups in total. The third kappa shape index (κ3) is 3.98. The van der Waals surface area contributed by atoms with Gasteiger partial charge in [0.05, 0.1) is 13.0 Å². The van der Waals surface area contributed by atoms with Crippen molar-refractivity contribution in [2.45, 2.75) is 46.0 Å². The minimum Gasteiger partial charge on any atom is -0.497 e. The van der Waals surface area contributed by atoms with E-state index >= 15 is 0 Å². The van der Waals surface area contributed by atoms with Crippen molar-refractivity contribution in [3.63, 3.8) is 0 Å². The number of ether oxygens (including phenoxy) is 1. The molecule has 19 heavy (non-hydrogen) atoms. The summed E-state index contributed by atoms with van der Waals surface area (Å²) in [5.74, 6) is -0.232. The van der Waals surface area contributed by atoms with Crippen LogP contribution in [0.15, 0.2) is 18.2 Å². The zero-order valence-electron chi connectivity index (χ0n) is 12.5. The van der Waals surface area contributed by atoms with E-state index in [2.05, 4.69) is 20.8 Å². The minimum absolute atomic E-state index is 0.0271. The molecule has 3 nitrogen and oxygen atoms in total. The SMILES string of the molecule is CC[C@@H](Cc1ccc(OC)cc1C(C)(C)C)C(=O)O. The summed E-state index contributed by atoms with van der Waals surface area (Å²) in [5.41, 5.74) is 2.23. The Kier molecular flexibility index (Phi) is 4.98. The quantitative estimate of drug-likeness (QED) is 0.883. The maximum Gasteiger partial charge on any atom is 0.306 e. The number of carboxylic acid groups (broad SMARTS) is 1. The average molecular weight is 264 g/mol. The topological polar surface area (TPSA) is 46.5 Å². The Bertz CT molecular complexity index is 444. The average Bonchev–Trinajstić information content (AvgIpc) is 2.34. The molecule has 1 aromatic rings. The summed E-state index contributed by atoms with van der Waals surface area (Å²) in [5, 5.41) is 9.20. The van der Waals surface area contributed by atoms with E-state index in [1.54, 1.807) is 7.11 Å². The molecule has 1 rings (SSSR count). The molecule has 0 aromatic heterocycles. The van der Waals surface area contributed by atoms with Gasteiger partial charge in [-0.05, 0) is 41.5 Å². The van der Waals surface area contributed by atoms with E-state index in [1.165, 1.54) is 0 Å². The Hall–Kier alpha value is -1.51. The van der Waals surface area contributed by atoms with Crippen molar-refractivity contribution in [3.05, 3.63) is 29.3 Å². The Balaban J connectivity index is 3.16. The Morgan fingerprint density at radius 1 is 1.37 bits per heavy atom. The summed E-state index contributed by atoms with van der Waals surface area (Å²) >= 11 is 0. The smallest absolute Gasteiger partial charge is 0.306 e. The van der Waals surface area contributed by atoms with Crippen LogP contribution in [0.5, 0.6) is 5.75 Å². The largest absolute Gasteiger partial charge is 0.497 e. The van der Waals surface area contributed by atoms with Crippen molar-refractivity contribution >= 4 is 5.97 Å². The van der Waals surface area contributed by atoms with E-state index in [0.29, 0.717) is 12.8 Å². The normalized spacial score (nSPS) is 13.1. The third-order valence-corrected chi connectivity index (χ3v) is 3.43. The highest BCUT2D eigenvalue weighted by atomic mass is 16.5. The Labute approximate surface area is 115 Å². The zero-order valence-corrected chi connectivity index (χ0v) is 12.5. The molecule has 0 aliphatic heterocycles. The van der Waals surface area contributed by atoms with Crippen molar-refractivity contribution in [1.82, 2.24) is 0 Å². The van der Waals surface area contributed by atoms with Crippen LogP contribution in [0, 0.1) is 5.92 Å². The molecule has 0 saturated carbocycles. The zero-order chi connectivity index (χ0) is 14.6. The number of aliphatic carboxylic acids is 1. The van der Waals surface area contributed by atoms with Crippen molar-refractivity contribution in [2.24, 2.45) is 5.92 Å². The Morgan fingerprint density at radius 3 is 2.42 bits per heavy atom. The summed E-state index contributed by atoms with van der Waals surface area (Å²) in [4.78, 5) is 11.2. The highest BCUT2D eigenvalue weighted by Crippen LogP contribution is 2.31. The van der Waals surface area contributed by atoms with E-state index in [0.717, 1.165) is 16.9 Å². The van der Waals surface area contributed by atoms with Crippen LogP contribution >= 0.6 is 0 Å². The first-order chi connectivity index (χ1) is 8.79. The number of hydrogen-bond donors (Lipinski definition) is 1. The van der Waals surface area contributed by atoms with Crippen LogP contribution in [0.25, 0.3) is 0 Å². The molecule has 0 aliphatic carbocycles. The van der Waals surface area contributed by atoms with Crippen molar-refractivity contribution in [1.29, 1.82) is 0 Å². The lowest BCUT2D eigenvalue weighted by atomic mass is 9.81. The van der Waals surface area contributed by atoms with Gasteiger partial charge in [-0.3, -0.25) is 4.79 Å². The van der Waals surface area contributed by atoms with Crippen LogP contribution in [0.4, 0.5) is 0 Å². The van der Waals surface area contributed by atoms with E-state index in [4.69, 9.17) is 4.74 Å². The number of benzene rings is 1. The molecule has 0 aliphatic rings.